The third kappa shape index (κ3) is 2.63. The van der Waals surface area contributed by atoms with Gasteiger partial charge in [-0.3, -0.25) is 10.1 Å². The standard InChI is InChI=1S/C19H17N7/c20-19-24-16-8-11(15-5-7-22-26-15)3-4-13(16)18(25-19)23-17-9-14(17)12-2-1-6-21-10-12/h1-8,10,14,17H,9H2,(H,22,26)(H3,20,23,24,25)/t14-,17+/m0/s1. The Morgan fingerprint density at radius 1 is 1.12 bits per heavy atom. The van der Waals surface area contributed by atoms with E-state index in [4.69, 9.17) is 5.73 Å². The lowest BCUT2D eigenvalue weighted by atomic mass is 10.1. The Morgan fingerprint density at radius 2 is 2.08 bits per heavy atom. The minimum atomic E-state index is 0.264. The van der Waals surface area contributed by atoms with Gasteiger partial charge in [0.15, 0.2) is 0 Å². The summed E-state index contributed by atoms with van der Waals surface area (Å²) in [6, 6.07) is 12.4. The van der Waals surface area contributed by atoms with E-state index in [-0.39, 0.29) is 5.95 Å². The highest BCUT2D eigenvalue weighted by Gasteiger charge is 2.39. The molecular weight excluding hydrogens is 326 g/mol. The van der Waals surface area contributed by atoms with Gasteiger partial charge in [0.2, 0.25) is 5.95 Å². The Hall–Kier alpha value is -3.48. The van der Waals surface area contributed by atoms with Crippen LogP contribution in [0.5, 0.6) is 0 Å². The maximum atomic E-state index is 5.94. The molecule has 3 heterocycles. The van der Waals surface area contributed by atoms with Crippen LogP contribution in [-0.4, -0.2) is 31.2 Å². The van der Waals surface area contributed by atoms with Crippen LogP contribution in [0.15, 0.2) is 55.0 Å². The first-order chi connectivity index (χ1) is 12.8. The first-order valence-corrected chi connectivity index (χ1v) is 8.51. The molecule has 0 bridgehead atoms. The molecule has 3 aromatic heterocycles. The molecule has 1 aliphatic carbocycles. The van der Waals surface area contributed by atoms with Gasteiger partial charge < -0.3 is 11.1 Å². The second-order valence-corrected chi connectivity index (χ2v) is 6.51. The summed E-state index contributed by atoms with van der Waals surface area (Å²) in [5.74, 6) is 1.50. The lowest BCUT2D eigenvalue weighted by Crippen LogP contribution is -2.08. The van der Waals surface area contributed by atoms with Crippen molar-refractivity contribution in [1.82, 2.24) is 25.1 Å². The number of fused-ring (bicyclic) bond motifs is 1. The average molecular weight is 343 g/mol. The van der Waals surface area contributed by atoms with Crippen molar-refractivity contribution in [3.8, 4) is 11.3 Å². The Kier molecular flexibility index (Phi) is 3.31. The fraction of sp³-hybridized carbons (Fsp3) is 0.158. The van der Waals surface area contributed by atoms with Gasteiger partial charge in [-0.1, -0.05) is 12.1 Å². The van der Waals surface area contributed by atoms with Crippen LogP contribution in [0, 0.1) is 0 Å². The molecule has 128 valence electrons. The normalized spacial score (nSPS) is 18.8. The molecular formula is C19H17N7. The SMILES string of the molecule is Nc1nc(N[C@@H]2C[C@H]2c2cccnc2)c2ccc(-c3ccn[nH]3)cc2n1. The first-order valence-electron chi connectivity index (χ1n) is 8.51. The second kappa shape index (κ2) is 5.80. The van der Waals surface area contributed by atoms with Gasteiger partial charge in [-0.25, -0.2) is 4.98 Å². The Balaban J connectivity index is 1.46. The summed E-state index contributed by atoms with van der Waals surface area (Å²) in [6.07, 6.45) is 6.51. The molecule has 1 aliphatic rings. The van der Waals surface area contributed by atoms with Crippen molar-refractivity contribution in [1.29, 1.82) is 0 Å². The Labute approximate surface area is 149 Å². The molecule has 0 amide bonds. The van der Waals surface area contributed by atoms with Crippen LogP contribution in [0.4, 0.5) is 11.8 Å². The van der Waals surface area contributed by atoms with Crippen molar-refractivity contribution in [2.45, 2.75) is 18.4 Å². The third-order valence-electron chi connectivity index (χ3n) is 4.75. The van der Waals surface area contributed by atoms with Gasteiger partial charge in [-0.05, 0) is 36.2 Å². The maximum absolute atomic E-state index is 5.94. The molecule has 1 fully saturated rings. The molecule has 26 heavy (non-hydrogen) atoms. The van der Waals surface area contributed by atoms with Gasteiger partial charge in [-0.2, -0.15) is 10.1 Å². The number of nitrogens with two attached hydrogens (primary N) is 1. The van der Waals surface area contributed by atoms with Crippen molar-refractivity contribution < 1.29 is 0 Å². The number of H-pyrrole nitrogens is 1. The minimum absolute atomic E-state index is 0.264. The monoisotopic (exact) mass is 343 g/mol. The van der Waals surface area contributed by atoms with E-state index in [2.05, 4.69) is 36.5 Å². The van der Waals surface area contributed by atoms with E-state index in [1.165, 1.54) is 5.56 Å². The number of rotatable bonds is 4. The van der Waals surface area contributed by atoms with Crippen molar-refractivity contribution in [2.75, 3.05) is 11.1 Å². The lowest BCUT2D eigenvalue weighted by Gasteiger charge is -2.10. The smallest absolute Gasteiger partial charge is 0.222 e. The summed E-state index contributed by atoms with van der Waals surface area (Å²) in [6.45, 7) is 0. The zero-order valence-corrected chi connectivity index (χ0v) is 13.9. The number of aromatic nitrogens is 5. The number of nitrogen functional groups attached to an aromatic ring is 1. The van der Waals surface area contributed by atoms with E-state index in [0.29, 0.717) is 12.0 Å². The fourth-order valence-electron chi connectivity index (χ4n) is 3.34. The number of nitrogens with one attached hydrogen (secondary N) is 2. The minimum Gasteiger partial charge on any atom is -0.368 e. The van der Waals surface area contributed by atoms with E-state index >= 15 is 0 Å². The number of nitrogens with zero attached hydrogens (tertiary/aromatic N) is 4. The van der Waals surface area contributed by atoms with Gasteiger partial charge in [0, 0.05) is 41.5 Å². The van der Waals surface area contributed by atoms with Crippen molar-refractivity contribution >= 4 is 22.7 Å². The van der Waals surface area contributed by atoms with Crippen LogP contribution in [0.25, 0.3) is 22.2 Å². The zero-order chi connectivity index (χ0) is 17.5. The number of hydrogen-bond donors (Lipinski definition) is 3. The number of pyridine rings is 1. The zero-order valence-electron chi connectivity index (χ0n) is 13.9. The van der Waals surface area contributed by atoms with Crippen LogP contribution in [0.2, 0.25) is 0 Å². The summed E-state index contributed by atoms with van der Waals surface area (Å²) < 4.78 is 0. The molecule has 0 saturated heterocycles. The molecule has 2 atom stereocenters. The van der Waals surface area contributed by atoms with Gasteiger partial charge >= 0.3 is 0 Å². The Morgan fingerprint density at radius 3 is 2.88 bits per heavy atom. The molecule has 0 spiro atoms. The van der Waals surface area contributed by atoms with Gasteiger partial charge in [0.25, 0.3) is 0 Å². The molecule has 1 aromatic carbocycles. The summed E-state index contributed by atoms with van der Waals surface area (Å²) >= 11 is 0. The van der Waals surface area contributed by atoms with Crippen molar-refractivity contribution in [2.24, 2.45) is 0 Å². The van der Waals surface area contributed by atoms with Crippen LogP contribution in [0.3, 0.4) is 0 Å². The van der Waals surface area contributed by atoms with E-state index in [9.17, 15) is 0 Å². The molecule has 4 N–H and O–H groups in total. The number of anilines is 2. The number of hydrogen-bond acceptors (Lipinski definition) is 6. The molecule has 0 unspecified atom stereocenters. The topological polar surface area (TPSA) is 105 Å². The second-order valence-electron chi connectivity index (χ2n) is 6.51. The summed E-state index contributed by atoms with van der Waals surface area (Å²) in [7, 11) is 0. The molecule has 0 radical (unpaired) electrons. The molecule has 4 aromatic rings. The highest BCUT2D eigenvalue weighted by atomic mass is 15.1. The fourth-order valence-corrected chi connectivity index (χ4v) is 3.34. The summed E-state index contributed by atoms with van der Waals surface area (Å²) in [5.41, 5.74) is 9.96. The number of benzene rings is 1. The average Bonchev–Trinajstić information content (AvgIpc) is 3.20. The Bertz CT molecular complexity index is 1060. The highest BCUT2D eigenvalue weighted by Crippen LogP contribution is 2.43. The van der Waals surface area contributed by atoms with E-state index < -0.39 is 0 Å². The predicted molar refractivity (Wildman–Crippen MR) is 101 cm³/mol. The quantitative estimate of drug-likeness (QED) is 0.526. The predicted octanol–water partition coefficient (Wildman–Crippen LogP) is 2.97. The first kappa shape index (κ1) is 14.8. The van der Waals surface area contributed by atoms with E-state index in [1.54, 1.807) is 12.4 Å². The molecule has 7 nitrogen and oxygen atoms in total. The molecule has 1 saturated carbocycles. The van der Waals surface area contributed by atoms with Crippen molar-refractivity contribution in [3.63, 3.8) is 0 Å². The lowest BCUT2D eigenvalue weighted by molar-refractivity contribution is 1.02. The largest absolute Gasteiger partial charge is 0.368 e. The number of aromatic amines is 1. The maximum Gasteiger partial charge on any atom is 0.222 e. The van der Waals surface area contributed by atoms with E-state index in [0.717, 1.165) is 34.4 Å². The van der Waals surface area contributed by atoms with Crippen LogP contribution < -0.4 is 11.1 Å². The van der Waals surface area contributed by atoms with Gasteiger partial charge in [0.1, 0.15) is 5.82 Å². The highest BCUT2D eigenvalue weighted by molar-refractivity contribution is 5.92. The van der Waals surface area contributed by atoms with E-state index in [1.807, 2.05) is 36.5 Å². The van der Waals surface area contributed by atoms with Gasteiger partial charge in [0.05, 0.1) is 11.2 Å². The van der Waals surface area contributed by atoms with Crippen LogP contribution in [-0.2, 0) is 0 Å². The van der Waals surface area contributed by atoms with Gasteiger partial charge in [-0.15, -0.1) is 0 Å². The molecule has 0 aliphatic heterocycles. The summed E-state index contributed by atoms with van der Waals surface area (Å²) in [4.78, 5) is 13.0. The summed E-state index contributed by atoms with van der Waals surface area (Å²) in [5, 5.41) is 11.4. The molecule has 7 heteroatoms. The van der Waals surface area contributed by atoms with Crippen LogP contribution in [0.1, 0.15) is 17.9 Å². The third-order valence-corrected chi connectivity index (χ3v) is 4.75. The molecule has 5 rings (SSSR count). The van der Waals surface area contributed by atoms with Crippen LogP contribution >= 0.6 is 0 Å². The van der Waals surface area contributed by atoms with Crippen molar-refractivity contribution in [3.05, 3.63) is 60.6 Å².